The van der Waals surface area contributed by atoms with Gasteiger partial charge in [0.1, 0.15) is 18.6 Å². The van der Waals surface area contributed by atoms with Gasteiger partial charge in [0.05, 0.1) is 6.61 Å². The maximum absolute atomic E-state index is 11.7. The van der Waals surface area contributed by atoms with E-state index in [2.05, 4.69) is 34.7 Å². The lowest BCUT2D eigenvalue weighted by Gasteiger charge is -2.10. The van der Waals surface area contributed by atoms with Crippen molar-refractivity contribution in [3.63, 3.8) is 0 Å². The summed E-state index contributed by atoms with van der Waals surface area (Å²) in [6, 6.07) is 7.70. The number of hydrogen-bond donors (Lipinski definition) is 1. The molecule has 0 fully saturated rings. The van der Waals surface area contributed by atoms with Gasteiger partial charge in [0.2, 0.25) is 5.91 Å². The highest BCUT2D eigenvalue weighted by Gasteiger charge is 2.04. The average molecular weight is 289 g/mol. The first-order valence-corrected chi connectivity index (χ1v) is 6.82. The summed E-state index contributed by atoms with van der Waals surface area (Å²) in [6.45, 7) is 5.43. The van der Waals surface area contributed by atoms with Crippen molar-refractivity contribution in [1.29, 1.82) is 0 Å². The van der Waals surface area contributed by atoms with E-state index in [0.717, 1.165) is 11.3 Å². The van der Waals surface area contributed by atoms with E-state index in [-0.39, 0.29) is 12.5 Å². The Labute approximate surface area is 123 Å². The zero-order chi connectivity index (χ0) is 15.1. The number of rotatable bonds is 7. The van der Waals surface area contributed by atoms with Crippen molar-refractivity contribution in [2.24, 2.45) is 5.92 Å². The number of carbonyl (C=O) groups excluding carboxylic acids is 1. The number of nitrogens with zero attached hydrogens (tertiary/aromatic N) is 4. The van der Waals surface area contributed by atoms with Crippen molar-refractivity contribution < 1.29 is 9.53 Å². The molecule has 7 heteroatoms. The van der Waals surface area contributed by atoms with Gasteiger partial charge in [-0.15, -0.1) is 5.10 Å². The number of benzene rings is 1. The first kappa shape index (κ1) is 15.0. The van der Waals surface area contributed by atoms with Gasteiger partial charge in [-0.2, -0.15) is 0 Å². The molecule has 1 amide bonds. The minimum Gasteiger partial charge on any atom is -0.493 e. The van der Waals surface area contributed by atoms with Crippen LogP contribution in [0.5, 0.6) is 5.75 Å². The summed E-state index contributed by atoms with van der Waals surface area (Å²) in [6.07, 6.45) is 1.40. The molecule has 1 N–H and O–H groups in total. The highest BCUT2D eigenvalue weighted by atomic mass is 16.5. The maximum atomic E-state index is 11.7. The van der Waals surface area contributed by atoms with E-state index in [9.17, 15) is 4.79 Å². The second kappa shape index (κ2) is 7.37. The Morgan fingerprint density at radius 1 is 1.43 bits per heavy atom. The van der Waals surface area contributed by atoms with Crippen molar-refractivity contribution >= 4 is 5.91 Å². The molecule has 1 aromatic carbocycles. The van der Waals surface area contributed by atoms with Gasteiger partial charge in [0.15, 0.2) is 0 Å². The fraction of sp³-hybridized carbons (Fsp3) is 0.429. The molecule has 1 heterocycles. The Balaban J connectivity index is 1.82. The summed E-state index contributed by atoms with van der Waals surface area (Å²) in [5, 5.41) is 13.4. The Kier molecular flexibility index (Phi) is 5.25. The summed E-state index contributed by atoms with van der Waals surface area (Å²) >= 11 is 0. The van der Waals surface area contributed by atoms with Gasteiger partial charge in [-0.25, -0.2) is 4.68 Å². The van der Waals surface area contributed by atoms with Gasteiger partial charge in [-0.3, -0.25) is 4.79 Å². The lowest BCUT2D eigenvalue weighted by Crippen LogP contribution is -2.27. The van der Waals surface area contributed by atoms with Crippen LogP contribution < -0.4 is 10.1 Å². The molecule has 0 aliphatic rings. The van der Waals surface area contributed by atoms with E-state index < -0.39 is 0 Å². The van der Waals surface area contributed by atoms with Crippen molar-refractivity contribution in [3.8, 4) is 5.75 Å². The molecule has 2 aromatic rings. The third-order valence-corrected chi connectivity index (χ3v) is 2.67. The van der Waals surface area contributed by atoms with Crippen molar-refractivity contribution in [2.45, 2.75) is 26.9 Å². The van der Waals surface area contributed by atoms with Gasteiger partial charge in [-0.1, -0.05) is 26.0 Å². The third-order valence-electron chi connectivity index (χ3n) is 2.67. The third kappa shape index (κ3) is 5.21. The Bertz CT molecular complexity index is 569. The zero-order valence-electron chi connectivity index (χ0n) is 12.2. The molecule has 2 rings (SSSR count). The van der Waals surface area contributed by atoms with Crippen LogP contribution in [-0.4, -0.2) is 32.7 Å². The fourth-order valence-electron chi connectivity index (χ4n) is 1.66. The minimum atomic E-state index is -0.143. The second-order valence-electron chi connectivity index (χ2n) is 5.14. The van der Waals surface area contributed by atoms with Crippen molar-refractivity contribution in [2.75, 3.05) is 6.61 Å². The predicted molar refractivity (Wildman–Crippen MR) is 76.4 cm³/mol. The molecule has 1 aromatic heterocycles. The van der Waals surface area contributed by atoms with E-state index in [1.54, 1.807) is 0 Å². The van der Waals surface area contributed by atoms with E-state index in [1.807, 2.05) is 24.3 Å². The molecular weight excluding hydrogens is 270 g/mol. The quantitative estimate of drug-likeness (QED) is 0.823. The van der Waals surface area contributed by atoms with Gasteiger partial charge in [0, 0.05) is 6.54 Å². The van der Waals surface area contributed by atoms with Gasteiger partial charge in [0.25, 0.3) is 0 Å². The largest absolute Gasteiger partial charge is 0.493 e. The van der Waals surface area contributed by atoms with Crippen LogP contribution in [0.4, 0.5) is 0 Å². The van der Waals surface area contributed by atoms with Crippen LogP contribution in [0, 0.1) is 5.92 Å². The Morgan fingerprint density at radius 2 is 2.29 bits per heavy atom. The number of aromatic nitrogens is 4. The normalized spacial score (nSPS) is 10.6. The molecule has 0 aliphatic carbocycles. The van der Waals surface area contributed by atoms with Gasteiger partial charge < -0.3 is 10.1 Å². The lowest BCUT2D eigenvalue weighted by atomic mass is 10.2. The highest BCUT2D eigenvalue weighted by molar-refractivity contribution is 5.75. The fourth-order valence-corrected chi connectivity index (χ4v) is 1.66. The molecular formula is C14H19N5O2. The maximum Gasteiger partial charge on any atom is 0.242 e. The molecule has 21 heavy (non-hydrogen) atoms. The summed E-state index contributed by atoms with van der Waals surface area (Å²) in [7, 11) is 0. The van der Waals surface area contributed by atoms with Crippen LogP contribution in [0.25, 0.3) is 0 Å². The zero-order valence-corrected chi connectivity index (χ0v) is 12.2. The van der Waals surface area contributed by atoms with Gasteiger partial charge >= 0.3 is 0 Å². The van der Waals surface area contributed by atoms with E-state index in [0.29, 0.717) is 19.1 Å². The number of carbonyl (C=O) groups is 1. The van der Waals surface area contributed by atoms with Crippen LogP contribution in [0.2, 0.25) is 0 Å². The number of amides is 1. The Morgan fingerprint density at radius 3 is 3.00 bits per heavy atom. The molecule has 0 spiro atoms. The lowest BCUT2D eigenvalue weighted by molar-refractivity contribution is -0.122. The number of tetrazole rings is 1. The van der Waals surface area contributed by atoms with Crippen molar-refractivity contribution in [1.82, 2.24) is 25.5 Å². The summed E-state index contributed by atoms with van der Waals surface area (Å²) < 4.78 is 7.03. The van der Waals surface area contributed by atoms with E-state index >= 15 is 0 Å². The first-order valence-electron chi connectivity index (χ1n) is 6.82. The van der Waals surface area contributed by atoms with Crippen molar-refractivity contribution in [3.05, 3.63) is 36.2 Å². The standard InChI is InChI=1S/C14H19N5O2/c1-11(2)9-21-13-5-3-4-12(6-13)7-15-14(20)8-19-10-16-17-18-19/h3-6,10-11H,7-9H2,1-2H3,(H,15,20). The molecule has 0 saturated carbocycles. The smallest absolute Gasteiger partial charge is 0.242 e. The topological polar surface area (TPSA) is 81.9 Å². The number of ether oxygens (including phenoxy) is 1. The van der Waals surface area contributed by atoms with E-state index in [1.165, 1.54) is 11.0 Å². The summed E-state index contributed by atoms with van der Waals surface area (Å²) in [4.78, 5) is 11.7. The Hall–Kier alpha value is -2.44. The number of hydrogen-bond acceptors (Lipinski definition) is 5. The average Bonchev–Trinajstić information content (AvgIpc) is 2.96. The summed E-state index contributed by atoms with van der Waals surface area (Å²) in [5.74, 6) is 1.15. The van der Waals surface area contributed by atoms with Crippen LogP contribution >= 0.6 is 0 Å². The minimum absolute atomic E-state index is 0.108. The molecule has 0 aliphatic heterocycles. The van der Waals surface area contributed by atoms with Gasteiger partial charge in [-0.05, 0) is 34.0 Å². The van der Waals surface area contributed by atoms with Crippen LogP contribution in [0.1, 0.15) is 19.4 Å². The predicted octanol–water partition coefficient (Wildman–Crippen LogP) is 1.02. The molecule has 112 valence electrons. The molecule has 0 atom stereocenters. The number of nitrogens with one attached hydrogen (secondary N) is 1. The highest BCUT2D eigenvalue weighted by Crippen LogP contribution is 2.14. The monoisotopic (exact) mass is 289 g/mol. The first-order chi connectivity index (χ1) is 10.1. The molecule has 0 bridgehead atoms. The second-order valence-corrected chi connectivity index (χ2v) is 5.14. The van der Waals surface area contributed by atoms with Crippen LogP contribution in [0.15, 0.2) is 30.6 Å². The van der Waals surface area contributed by atoms with Crippen LogP contribution in [0.3, 0.4) is 0 Å². The molecule has 0 radical (unpaired) electrons. The summed E-state index contributed by atoms with van der Waals surface area (Å²) in [5.41, 5.74) is 0.987. The SMILES string of the molecule is CC(C)COc1cccc(CNC(=O)Cn2cnnn2)c1. The molecule has 0 saturated heterocycles. The molecule has 0 unspecified atom stereocenters. The molecule has 7 nitrogen and oxygen atoms in total. The van der Waals surface area contributed by atoms with E-state index in [4.69, 9.17) is 4.74 Å². The van der Waals surface area contributed by atoms with Crippen LogP contribution in [-0.2, 0) is 17.9 Å².